The summed E-state index contributed by atoms with van der Waals surface area (Å²) in [7, 11) is 0. The first-order valence-corrected chi connectivity index (χ1v) is 6.82. The van der Waals surface area contributed by atoms with Gasteiger partial charge < -0.3 is 0 Å². The van der Waals surface area contributed by atoms with Crippen molar-refractivity contribution in [1.29, 1.82) is 0 Å². The third-order valence-electron chi connectivity index (χ3n) is 3.80. The Bertz CT molecular complexity index is 422. The van der Waals surface area contributed by atoms with Crippen molar-refractivity contribution in [2.45, 2.75) is 44.9 Å². The van der Waals surface area contributed by atoms with Crippen LogP contribution in [0.3, 0.4) is 0 Å². The largest absolute Gasteiger partial charge is 0.299 e. The molecule has 0 saturated heterocycles. The first kappa shape index (κ1) is 13.0. The fourth-order valence-electron chi connectivity index (χ4n) is 2.78. The Morgan fingerprint density at radius 3 is 2.67 bits per heavy atom. The van der Waals surface area contributed by atoms with E-state index in [0.29, 0.717) is 25.2 Å². The third kappa shape index (κ3) is 2.87. The fraction of sp³-hybridized carbons (Fsp3) is 0.500. The maximum Gasteiger partial charge on any atom is 0.143 e. The van der Waals surface area contributed by atoms with Gasteiger partial charge in [0.15, 0.2) is 0 Å². The van der Waals surface area contributed by atoms with Gasteiger partial charge >= 0.3 is 0 Å². The minimum atomic E-state index is -0.344. The van der Waals surface area contributed by atoms with E-state index in [0.717, 1.165) is 12.8 Å². The van der Waals surface area contributed by atoms with Crippen molar-refractivity contribution in [3.8, 4) is 0 Å². The topological polar surface area (TPSA) is 34.1 Å². The Balaban J connectivity index is 2.09. The van der Waals surface area contributed by atoms with Crippen LogP contribution in [0.25, 0.3) is 0 Å². The predicted octanol–water partition coefficient (Wildman–Crippen LogP) is 3.51. The molecular formula is C16H20O2. The van der Waals surface area contributed by atoms with Gasteiger partial charge in [0, 0.05) is 12.8 Å². The molecular weight excluding hydrogens is 224 g/mol. The second kappa shape index (κ2) is 5.94. The van der Waals surface area contributed by atoms with Crippen LogP contribution in [0.2, 0.25) is 0 Å². The van der Waals surface area contributed by atoms with Crippen molar-refractivity contribution in [3.63, 3.8) is 0 Å². The lowest BCUT2D eigenvalue weighted by atomic mass is 9.75. The number of hydrogen-bond acceptors (Lipinski definition) is 2. The highest BCUT2D eigenvalue weighted by atomic mass is 16.1. The summed E-state index contributed by atoms with van der Waals surface area (Å²) in [5, 5.41) is 0. The monoisotopic (exact) mass is 244 g/mol. The van der Waals surface area contributed by atoms with E-state index in [9.17, 15) is 9.59 Å². The van der Waals surface area contributed by atoms with Crippen LogP contribution >= 0.6 is 0 Å². The van der Waals surface area contributed by atoms with E-state index in [-0.39, 0.29) is 17.5 Å². The molecule has 0 radical (unpaired) electrons. The Labute approximate surface area is 108 Å². The molecule has 2 unspecified atom stereocenters. The smallest absolute Gasteiger partial charge is 0.143 e. The standard InChI is InChI=1S/C16H20O2/c1-2-6-15(17)14-11-13(9-10-16(14)18)12-7-4-3-5-8-12/h3-5,7-8,13-14H,2,6,9-11H2,1H3. The van der Waals surface area contributed by atoms with Crippen LogP contribution in [0.5, 0.6) is 0 Å². The second-order valence-corrected chi connectivity index (χ2v) is 5.12. The van der Waals surface area contributed by atoms with Crippen molar-refractivity contribution < 1.29 is 9.59 Å². The predicted molar refractivity (Wildman–Crippen MR) is 71.4 cm³/mol. The quantitative estimate of drug-likeness (QED) is 0.759. The van der Waals surface area contributed by atoms with Gasteiger partial charge in [0.1, 0.15) is 11.6 Å². The molecule has 0 spiro atoms. The van der Waals surface area contributed by atoms with Gasteiger partial charge in [-0.15, -0.1) is 0 Å². The lowest BCUT2D eigenvalue weighted by Crippen LogP contribution is -2.30. The molecule has 2 atom stereocenters. The number of benzene rings is 1. The van der Waals surface area contributed by atoms with E-state index < -0.39 is 0 Å². The highest BCUT2D eigenvalue weighted by Crippen LogP contribution is 2.35. The molecule has 1 aromatic carbocycles. The van der Waals surface area contributed by atoms with Gasteiger partial charge in [-0.1, -0.05) is 37.3 Å². The first-order valence-electron chi connectivity index (χ1n) is 6.82. The Hall–Kier alpha value is -1.44. The van der Waals surface area contributed by atoms with Gasteiger partial charge in [0.05, 0.1) is 5.92 Å². The van der Waals surface area contributed by atoms with E-state index in [1.807, 2.05) is 25.1 Å². The number of rotatable bonds is 4. The molecule has 1 aliphatic rings. The summed E-state index contributed by atoms with van der Waals surface area (Å²) in [4.78, 5) is 23.8. The zero-order valence-electron chi connectivity index (χ0n) is 10.9. The van der Waals surface area contributed by atoms with Crippen molar-refractivity contribution in [1.82, 2.24) is 0 Å². The van der Waals surface area contributed by atoms with Gasteiger partial charge in [0.2, 0.25) is 0 Å². The summed E-state index contributed by atoms with van der Waals surface area (Å²) in [5.41, 5.74) is 1.26. The SMILES string of the molecule is CCCC(=O)C1CC(c2ccccc2)CCC1=O. The number of carbonyl (C=O) groups excluding carboxylic acids is 2. The fourth-order valence-corrected chi connectivity index (χ4v) is 2.78. The van der Waals surface area contributed by atoms with Crippen LogP contribution in [0.4, 0.5) is 0 Å². The molecule has 2 rings (SSSR count). The third-order valence-corrected chi connectivity index (χ3v) is 3.80. The minimum absolute atomic E-state index is 0.142. The second-order valence-electron chi connectivity index (χ2n) is 5.12. The molecule has 1 aromatic rings. The van der Waals surface area contributed by atoms with Crippen LogP contribution < -0.4 is 0 Å². The summed E-state index contributed by atoms with van der Waals surface area (Å²) in [5.74, 6) is 0.322. The van der Waals surface area contributed by atoms with Gasteiger partial charge in [0.25, 0.3) is 0 Å². The van der Waals surface area contributed by atoms with Crippen molar-refractivity contribution in [2.75, 3.05) is 0 Å². The highest BCUT2D eigenvalue weighted by molar-refractivity contribution is 6.02. The molecule has 96 valence electrons. The van der Waals surface area contributed by atoms with Crippen LogP contribution in [-0.2, 0) is 9.59 Å². The molecule has 0 amide bonds. The summed E-state index contributed by atoms with van der Waals surface area (Å²) in [6.45, 7) is 1.99. The van der Waals surface area contributed by atoms with E-state index in [1.54, 1.807) is 0 Å². The molecule has 2 heteroatoms. The molecule has 0 aliphatic heterocycles. The van der Waals surface area contributed by atoms with Crippen LogP contribution in [0.15, 0.2) is 30.3 Å². The van der Waals surface area contributed by atoms with Crippen molar-refractivity contribution in [3.05, 3.63) is 35.9 Å². The van der Waals surface area contributed by atoms with Crippen molar-refractivity contribution >= 4 is 11.6 Å². The van der Waals surface area contributed by atoms with Gasteiger partial charge in [-0.25, -0.2) is 0 Å². The zero-order chi connectivity index (χ0) is 13.0. The van der Waals surface area contributed by atoms with Gasteiger partial charge in [-0.05, 0) is 30.7 Å². The summed E-state index contributed by atoms with van der Waals surface area (Å²) >= 11 is 0. The van der Waals surface area contributed by atoms with Crippen LogP contribution in [0.1, 0.15) is 50.5 Å². The van der Waals surface area contributed by atoms with Gasteiger partial charge in [-0.2, -0.15) is 0 Å². The number of carbonyl (C=O) groups is 2. The van der Waals surface area contributed by atoms with E-state index in [1.165, 1.54) is 5.56 Å². The average Bonchev–Trinajstić information content (AvgIpc) is 2.40. The minimum Gasteiger partial charge on any atom is -0.299 e. The van der Waals surface area contributed by atoms with E-state index in [2.05, 4.69) is 12.1 Å². The van der Waals surface area contributed by atoms with Crippen LogP contribution in [0, 0.1) is 5.92 Å². The normalized spacial score (nSPS) is 23.9. The highest BCUT2D eigenvalue weighted by Gasteiger charge is 2.33. The number of Topliss-reactive ketones (excluding diaryl/α,β-unsaturated/α-hetero) is 2. The first-order chi connectivity index (χ1) is 8.72. The zero-order valence-corrected chi connectivity index (χ0v) is 10.9. The molecule has 0 bridgehead atoms. The molecule has 18 heavy (non-hydrogen) atoms. The van der Waals surface area contributed by atoms with Crippen molar-refractivity contribution in [2.24, 2.45) is 5.92 Å². The van der Waals surface area contributed by atoms with Crippen LogP contribution in [-0.4, -0.2) is 11.6 Å². The molecule has 1 saturated carbocycles. The van der Waals surface area contributed by atoms with E-state index in [4.69, 9.17) is 0 Å². The molecule has 0 heterocycles. The van der Waals surface area contributed by atoms with E-state index >= 15 is 0 Å². The lowest BCUT2D eigenvalue weighted by Gasteiger charge is -2.27. The molecule has 0 aromatic heterocycles. The Kier molecular flexibility index (Phi) is 4.29. The Morgan fingerprint density at radius 1 is 1.28 bits per heavy atom. The number of ketones is 2. The lowest BCUT2D eigenvalue weighted by molar-refractivity contribution is -0.134. The molecule has 1 fully saturated rings. The maximum atomic E-state index is 12.0. The number of hydrogen-bond donors (Lipinski definition) is 0. The summed E-state index contributed by atoms with van der Waals surface area (Å²) in [6.07, 6.45) is 3.52. The molecule has 2 nitrogen and oxygen atoms in total. The Morgan fingerprint density at radius 2 is 2.00 bits per heavy atom. The molecule has 0 N–H and O–H groups in total. The summed E-state index contributed by atoms with van der Waals surface area (Å²) in [6, 6.07) is 10.2. The maximum absolute atomic E-state index is 12.0. The molecule has 1 aliphatic carbocycles. The van der Waals surface area contributed by atoms with Gasteiger partial charge in [-0.3, -0.25) is 9.59 Å². The average molecular weight is 244 g/mol. The summed E-state index contributed by atoms with van der Waals surface area (Å²) < 4.78 is 0.